The number of oxime groups is 1. The molecule has 0 fully saturated rings. The van der Waals surface area contributed by atoms with Crippen LogP contribution in [0.15, 0.2) is 29.4 Å². The molecule has 6 heteroatoms. The first-order chi connectivity index (χ1) is 10.4. The van der Waals surface area contributed by atoms with Crippen molar-refractivity contribution in [1.29, 1.82) is 5.26 Å². The van der Waals surface area contributed by atoms with Gasteiger partial charge >= 0.3 is 5.97 Å². The van der Waals surface area contributed by atoms with E-state index in [1.165, 1.54) is 0 Å². The number of carboxylic acid groups (broad SMARTS) is 1. The zero-order valence-corrected chi connectivity index (χ0v) is 12.6. The van der Waals surface area contributed by atoms with Crippen LogP contribution in [0.4, 0.5) is 0 Å². The Morgan fingerprint density at radius 3 is 3.00 bits per heavy atom. The zero-order chi connectivity index (χ0) is 16.2. The van der Waals surface area contributed by atoms with Gasteiger partial charge in [0.2, 0.25) is 0 Å². The van der Waals surface area contributed by atoms with Gasteiger partial charge in [0.1, 0.15) is 0 Å². The molecule has 0 radical (unpaired) electrons. The van der Waals surface area contributed by atoms with Crippen LogP contribution in [0, 0.1) is 11.3 Å². The molecular weight excluding hydrogens is 284 g/mol. The van der Waals surface area contributed by atoms with Gasteiger partial charge in [-0.2, -0.15) is 5.26 Å². The van der Waals surface area contributed by atoms with Gasteiger partial charge in [-0.15, -0.1) is 0 Å². The standard InChI is InChI=1S/C16H18N2O4/c1-11(2)21-10-16(8-15(19)20)7-14(18-22-16)13-5-3-4-12(6-13)9-17/h3-6,11H,7-8,10H2,1-2H3,(H,19,20). The molecule has 1 atom stereocenters. The summed E-state index contributed by atoms with van der Waals surface area (Å²) in [4.78, 5) is 16.6. The highest BCUT2D eigenvalue weighted by Gasteiger charge is 2.42. The van der Waals surface area contributed by atoms with E-state index in [1.54, 1.807) is 18.2 Å². The Bertz CT molecular complexity index is 633. The highest BCUT2D eigenvalue weighted by atomic mass is 16.7. The van der Waals surface area contributed by atoms with Crippen molar-refractivity contribution >= 4 is 11.7 Å². The van der Waals surface area contributed by atoms with E-state index in [9.17, 15) is 4.79 Å². The summed E-state index contributed by atoms with van der Waals surface area (Å²) in [5.74, 6) is -0.963. The minimum Gasteiger partial charge on any atom is -0.481 e. The summed E-state index contributed by atoms with van der Waals surface area (Å²) in [6.07, 6.45) is 0.117. The Morgan fingerprint density at radius 1 is 1.59 bits per heavy atom. The minimum atomic E-state index is -0.992. The fraction of sp³-hybridized carbons (Fsp3) is 0.438. The van der Waals surface area contributed by atoms with Gasteiger partial charge in [0.25, 0.3) is 0 Å². The summed E-state index contributed by atoms with van der Waals surface area (Å²) < 4.78 is 5.55. The largest absolute Gasteiger partial charge is 0.481 e. The quantitative estimate of drug-likeness (QED) is 0.870. The Morgan fingerprint density at radius 2 is 2.36 bits per heavy atom. The zero-order valence-electron chi connectivity index (χ0n) is 12.6. The molecule has 0 saturated heterocycles. The molecule has 0 bridgehead atoms. The third-order valence-electron chi connectivity index (χ3n) is 3.32. The number of nitriles is 1. The minimum absolute atomic E-state index is 0.0276. The van der Waals surface area contributed by atoms with Crippen LogP contribution in [0.25, 0.3) is 0 Å². The van der Waals surface area contributed by atoms with Crippen LogP contribution >= 0.6 is 0 Å². The smallest absolute Gasteiger partial charge is 0.307 e. The van der Waals surface area contributed by atoms with Crippen molar-refractivity contribution in [1.82, 2.24) is 0 Å². The lowest BCUT2D eigenvalue weighted by Crippen LogP contribution is -2.38. The van der Waals surface area contributed by atoms with Crippen LogP contribution in [0.1, 0.15) is 37.8 Å². The third kappa shape index (κ3) is 3.83. The molecule has 0 amide bonds. The fourth-order valence-electron chi connectivity index (χ4n) is 2.26. The van der Waals surface area contributed by atoms with Crippen molar-refractivity contribution in [2.24, 2.45) is 5.16 Å². The third-order valence-corrected chi connectivity index (χ3v) is 3.32. The van der Waals surface area contributed by atoms with Crippen LogP contribution in [0.2, 0.25) is 0 Å². The normalized spacial score (nSPS) is 20.4. The lowest BCUT2D eigenvalue weighted by Gasteiger charge is -2.25. The summed E-state index contributed by atoms with van der Waals surface area (Å²) >= 11 is 0. The van der Waals surface area contributed by atoms with Gasteiger partial charge in [0.15, 0.2) is 5.60 Å². The van der Waals surface area contributed by atoms with Gasteiger partial charge in [-0.1, -0.05) is 17.3 Å². The van der Waals surface area contributed by atoms with Crippen LogP contribution < -0.4 is 0 Å². The molecular formula is C16H18N2O4. The average molecular weight is 302 g/mol. The molecule has 1 aliphatic heterocycles. The number of hydrogen-bond acceptors (Lipinski definition) is 5. The molecule has 0 aliphatic carbocycles. The van der Waals surface area contributed by atoms with Gasteiger partial charge in [0, 0.05) is 12.0 Å². The number of ether oxygens (including phenoxy) is 1. The van der Waals surface area contributed by atoms with Crippen molar-refractivity contribution in [2.45, 2.75) is 38.4 Å². The maximum Gasteiger partial charge on any atom is 0.307 e. The van der Waals surface area contributed by atoms with E-state index in [0.29, 0.717) is 17.7 Å². The predicted octanol–water partition coefficient (Wildman–Crippen LogP) is 2.32. The Labute approximate surface area is 128 Å². The summed E-state index contributed by atoms with van der Waals surface area (Å²) in [5, 5.41) is 22.1. The number of carboxylic acids is 1. The summed E-state index contributed by atoms with van der Waals surface area (Å²) in [6.45, 7) is 3.91. The number of nitrogens with zero attached hydrogens (tertiary/aromatic N) is 2. The second-order valence-corrected chi connectivity index (χ2v) is 5.61. The maximum absolute atomic E-state index is 11.1. The summed E-state index contributed by atoms with van der Waals surface area (Å²) in [6, 6.07) is 9.07. The summed E-state index contributed by atoms with van der Waals surface area (Å²) in [5.41, 5.74) is 0.921. The molecule has 2 rings (SSSR count). The molecule has 1 aromatic carbocycles. The van der Waals surface area contributed by atoms with Crippen LogP contribution in [-0.2, 0) is 14.4 Å². The number of rotatable bonds is 6. The van der Waals surface area contributed by atoms with E-state index >= 15 is 0 Å². The SMILES string of the molecule is CC(C)OCC1(CC(=O)O)CC(c2cccc(C#N)c2)=NO1. The topological polar surface area (TPSA) is 91.9 Å². The highest BCUT2D eigenvalue weighted by Crippen LogP contribution is 2.31. The highest BCUT2D eigenvalue weighted by molar-refractivity contribution is 6.02. The molecule has 1 heterocycles. The van der Waals surface area contributed by atoms with Crippen molar-refractivity contribution in [3.8, 4) is 6.07 Å². The second-order valence-electron chi connectivity index (χ2n) is 5.61. The number of benzene rings is 1. The van der Waals surface area contributed by atoms with E-state index in [-0.39, 0.29) is 19.1 Å². The summed E-state index contributed by atoms with van der Waals surface area (Å²) in [7, 11) is 0. The number of hydrogen-bond donors (Lipinski definition) is 1. The van der Waals surface area contributed by atoms with Gasteiger partial charge < -0.3 is 14.7 Å². The monoisotopic (exact) mass is 302 g/mol. The van der Waals surface area contributed by atoms with E-state index in [0.717, 1.165) is 5.56 Å². The molecule has 1 unspecified atom stereocenters. The van der Waals surface area contributed by atoms with Crippen molar-refractivity contribution in [3.63, 3.8) is 0 Å². The Balaban J connectivity index is 2.17. The maximum atomic E-state index is 11.1. The van der Waals surface area contributed by atoms with Gasteiger partial charge in [-0.05, 0) is 26.0 Å². The van der Waals surface area contributed by atoms with E-state index in [1.807, 2.05) is 19.9 Å². The molecule has 116 valence electrons. The van der Waals surface area contributed by atoms with Crippen molar-refractivity contribution < 1.29 is 19.5 Å². The fourth-order valence-corrected chi connectivity index (χ4v) is 2.26. The van der Waals surface area contributed by atoms with Crippen LogP contribution in [0.3, 0.4) is 0 Å². The molecule has 0 spiro atoms. The molecule has 1 aromatic rings. The molecule has 0 aromatic heterocycles. The average Bonchev–Trinajstić information content (AvgIpc) is 2.89. The Kier molecular flexibility index (Phi) is 4.78. The molecule has 1 N–H and O–H groups in total. The molecule has 1 aliphatic rings. The van der Waals surface area contributed by atoms with Crippen molar-refractivity contribution in [2.75, 3.05) is 6.61 Å². The molecule has 0 saturated carbocycles. The molecule has 22 heavy (non-hydrogen) atoms. The van der Waals surface area contributed by atoms with E-state index in [4.69, 9.17) is 19.9 Å². The van der Waals surface area contributed by atoms with E-state index in [2.05, 4.69) is 11.2 Å². The lowest BCUT2D eigenvalue weighted by molar-refractivity contribution is -0.150. The number of aliphatic carboxylic acids is 1. The predicted molar refractivity (Wildman–Crippen MR) is 79.5 cm³/mol. The van der Waals surface area contributed by atoms with Crippen molar-refractivity contribution in [3.05, 3.63) is 35.4 Å². The van der Waals surface area contributed by atoms with Gasteiger partial charge in [-0.25, -0.2) is 0 Å². The lowest BCUT2D eigenvalue weighted by atomic mass is 9.91. The van der Waals surface area contributed by atoms with E-state index < -0.39 is 11.6 Å². The molecule has 6 nitrogen and oxygen atoms in total. The van der Waals surface area contributed by atoms with Gasteiger partial charge in [-0.3, -0.25) is 4.79 Å². The first kappa shape index (κ1) is 16.0. The first-order valence-electron chi connectivity index (χ1n) is 7.03. The van der Waals surface area contributed by atoms with Crippen LogP contribution in [0.5, 0.6) is 0 Å². The first-order valence-corrected chi connectivity index (χ1v) is 7.03. The number of carbonyl (C=O) groups is 1. The van der Waals surface area contributed by atoms with Crippen LogP contribution in [-0.4, -0.2) is 35.1 Å². The second kappa shape index (κ2) is 6.58. The van der Waals surface area contributed by atoms with Gasteiger partial charge in [0.05, 0.1) is 36.5 Å². The Hall–Kier alpha value is -2.39.